The Morgan fingerprint density at radius 3 is 2.50 bits per heavy atom. The molecule has 2 aromatic rings. The first kappa shape index (κ1) is 17.6. The van der Waals surface area contributed by atoms with E-state index < -0.39 is 0 Å². The van der Waals surface area contributed by atoms with Gasteiger partial charge in [-0.3, -0.25) is 4.79 Å². The molecule has 0 aliphatic rings. The van der Waals surface area contributed by atoms with E-state index in [0.717, 1.165) is 28.8 Å². The molecule has 0 spiro atoms. The highest BCUT2D eigenvalue weighted by Gasteiger charge is 2.22. The minimum absolute atomic E-state index is 0.0328. The fourth-order valence-electron chi connectivity index (χ4n) is 2.73. The fourth-order valence-corrected chi connectivity index (χ4v) is 2.73. The SMILES string of the molecule is CC(C)CC(C(=O)NCC#N)c1cccc(-c2ccc(N)cc2)c1. The Balaban J connectivity index is 2.32. The summed E-state index contributed by atoms with van der Waals surface area (Å²) in [7, 11) is 0. The number of nitrogens with two attached hydrogens (primary N) is 1. The average molecular weight is 321 g/mol. The maximum Gasteiger partial charge on any atom is 0.228 e. The van der Waals surface area contributed by atoms with Crippen LogP contribution >= 0.6 is 0 Å². The lowest BCUT2D eigenvalue weighted by atomic mass is 9.88. The van der Waals surface area contributed by atoms with E-state index in [4.69, 9.17) is 11.0 Å². The topological polar surface area (TPSA) is 78.9 Å². The third-order valence-electron chi connectivity index (χ3n) is 3.90. The standard InChI is InChI=1S/C20H23N3O/c1-14(2)12-19(20(24)23-11-10-21)17-5-3-4-16(13-17)15-6-8-18(22)9-7-15/h3-9,13-14,19H,11-12,22H2,1-2H3,(H,23,24). The predicted molar refractivity (Wildman–Crippen MR) is 97.1 cm³/mol. The van der Waals surface area contributed by atoms with Crippen molar-refractivity contribution in [2.75, 3.05) is 12.3 Å². The molecule has 1 unspecified atom stereocenters. The molecule has 124 valence electrons. The van der Waals surface area contributed by atoms with Crippen LogP contribution in [0, 0.1) is 17.2 Å². The largest absolute Gasteiger partial charge is 0.399 e. The van der Waals surface area contributed by atoms with Crippen LogP contribution in [0.4, 0.5) is 5.69 Å². The van der Waals surface area contributed by atoms with Crippen molar-refractivity contribution in [1.29, 1.82) is 5.26 Å². The first-order valence-corrected chi connectivity index (χ1v) is 8.11. The number of hydrogen-bond donors (Lipinski definition) is 2. The minimum Gasteiger partial charge on any atom is -0.399 e. The highest BCUT2D eigenvalue weighted by Crippen LogP contribution is 2.28. The van der Waals surface area contributed by atoms with Crippen molar-refractivity contribution in [1.82, 2.24) is 5.32 Å². The van der Waals surface area contributed by atoms with E-state index >= 15 is 0 Å². The number of carbonyl (C=O) groups is 1. The summed E-state index contributed by atoms with van der Waals surface area (Å²) in [5.41, 5.74) is 9.55. The summed E-state index contributed by atoms with van der Waals surface area (Å²) in [5, 5.41) is 11.4. The first-order chi connectivity index (χ1) is 11.5. The lowest BCUT2D eigenvalue weighted by Gasteiger charge is -2.19. The number of rotatable bonds is 6. The van der Waals surface area contributed by atoms with E-state index in [0.29, 0.717) is 5.92 Å². The summed E-state index contributed by atoms with van der Waals surface area (Å²) in [6.45, 7) is 4.22. The van der Waals surface area contributed by atoms with E-state index in [1.807, 2.05) is 54.6 Å². The number of nitrogens with one attached hydrogen (secondary N) is 1. The Morgan fingerprint density at radius 1 is 1.17 bits per heavy atom. The van der Waals surface area contributed by atoms with Gasteiger partial charge < -0.3 is 11.1 Å². The summed E-state index contributed by atoms with van der Waals surface area (Å²) in [5.74, 6) is 0.0230. The van der Waals surface area contributed by atoms with Crippen LogP contribution in [0.5, 0.6) is 0 Å². The van der Waals surface area contributed by atoms with Gasteiger partial charge in [-0.25, -0.2) is 0 Å². The van der Waals surface area contributed by atoms with Crippen molar-refractivity contribution < 1.29 is 4.79 Å². The third-order valence-corrected chi connectivity index (χ3v) is 3.90. The van der Waals surface area contributed by atoms with Gasteiger partial charge in [-0.2, -0.15) is 5.26 Å². The molecule has 2 rings (SSSR count). The van der Waals surface area contributed by atoms with Crippen LogP contribution in [0.1, 0.15) is 31.7 Å². The zero-order valence-corrected chi connectivity index (χ0v) is 14.1. The van der Waals surface area contributed by atoms with Gasteiger partial charge in [0.25, 0.3) is 0 Å². The average Bonchev–Trinajstić information content (AvgIpc) is 2.58. The van der Waals surface area contributed by atoms with Gasteiger partial charge in [0, 0.05) is 5.69 Å². The molecule has 0 aromatic heterocycles. The Labute approximate surface area is 143 Å². The molecule has 4 heteroatoms. The molecule has 0 fully saturated rings. The summed E-state index contributed by atoms with van der Waals surface area (Å²) < 4.78 is 0. The van der Waals surface area contributed by atoms with Gasteiger partial charge in [-0.05, 0) is 41.2 Å². The number of hydrogen-bond acceptors (Lipinski definition) is 3. The molecule has 0 heterocycles. The van der Waals surface area contributed by atoms with Crippen LogP contribution in [0.25, 0.3) is 11.1 Å². The second-order valence-electron chi connectivity index (χ2n) is 6.31. The van der Waals surface area contributed by atoms with Crippen LogP contribution < -0.4 is 11.1 Å². The minimum atomic E-state index is -0.257. The number of anilines is 1. The Morgan fingerprint density at radius 2 is 1.88 bits per heavy atom. The lowest BCUT2D eigenvalue weighted by Crippen LogP contribution is -2.30. The van der Waals surface area contributed by atoms with E-state index in [2.05, 4.69) is 19.2 Å². The lowest BCUT2D eigenvalue weighted by molar-refractivity contribution is -0.122. The summed E-state index contributed by atoms with van der Waals surface area (Å²) >= 11 is 0. The number of amides is 1. The van der Waals surface area contributed by atoms with Crippen LogP contribution in [0.2, 0.25) is 0 Å². The van der Waals surface area contributed by atoms with Gasteiger partial charge >= 0.3 is 0 Å². The first-order valence-electron chi connectivity index (χ1n) is 8.11. The van der Waals surface area contributed by atoms with Gasteiger partial charge in [0.15, 0.2) is 0 Å². The number of carbonyl (C=O) groups excluding carboxylic acids is 1. The molecule has 0 radical (unpaired) electrons. The number of nitriles is 1. The van der Waals surface area contributed by atoms with Crippen molar-refractivity contribution in [3.05, 3.63) is 54.1 Å². The van der Waals surface area contributed by atoms with Crippen LogP contribution in [0.3, 0.4) is 0 Å². The highest BCUT2D eigenvalue weighted by molar-refractivity contribution is 5.84. The summed E-state index contributed by atoms with van der Waals surface area (Å²) in [6, 6.07) is 17.6. The maximum atomic E-state index is 12.5. The van der Waals surface area contributed by atoms with Crippen LogP contribution in [-0.2, 0) is 4.79 Å². The van der Waals surface area contributed by atoms with Crippen molar-refractivity contribution in [3.8, 4) is 17.2 Å². The van der Waals surface area contributed by atoms with Gasteiger partial charge in [-0.15, -0.1) is 0 Å². The Kier molecular flexibility index (Phi) is 5.97. The maximum absolute atomic E-state index is 12.5. The molecule has 2 aromatic carbocycles. The number of nitrogen functional groups attached to an aromatic ring is 1. The highest BCUT2D eigenvalue weighted by atomic mass is 16.1. The summed E-state index contributed by atoms with van der Waals surface area (Å²) in [4.78, 5) is 12.5. The molecule has 3 N–H and O–H groups in total. The normalized spacial score (nSPS) is 11.8. The smallest absolute Gasteiger partial charge is 0.228 e. The summed E-state index contributed by atoms with van der Waals surface area (Å²) in [6.07, 6.45) is 0.739. The van der Waals surface area contributed by atoms with Gasteiger partial charge in [0.1, 0.15) is 6.54 Å². The van der Waals surface area contributed by atoms with Crippen molar-refractivity contribution in [2.45, 2.75) is 26.2 Å². The molecule has 1 atom stereocenters. The number of benzene rings is 2. The molecule has 0 saturated heterocycles. The van der Waals surface area contributed by atoms with E-state index in [9.17, 15) is 4.79 Å². The molecule has 1 amide bonds. The zero-order chi connectivity index (χ0) is 17.5. The van der Waals surface area contributed by atoms with E-state index in [1.165, 1.54) is 0 Å². The van der Waals surface area contributed by atoms with E-state index in [-0.39, 0.29) is 18.4 Å². The van der Waals surface area contributed by atoms with Gasteiger partial charge in [-0.1, -0.05) is 50.2 Å². The van der Waals surface area contributed by atoms with Crippen molar-refractivity contribution >= 4 is 11.6 Å². The zero-order valence-electron chi connectivity index (χ0n) is 14.1. The molecule has 0 aliphatic carbocycles. The quantitative estimate of drug-likeness (QED) is 0.629. The fraction of sp³-hybridized carbons (Fsp3) is 0.300. The molecular formula is C20H23N3O. The molecular weight excluding hydrogens is 298 g/mol. The third kappa shape index (κ3) is 4.60. The molecule has 0 bridgehead atoms. The van der Waals surface area contributed by atoms with Gasteiger partial charge in [0.2, 0.25) is 5.91 Å². The molecule has 4 nitrogen and oxygen atoms in total. The Hall–Kier alpha value is -2.80. The van der Waals surface area contributed by atoms with E-state index in [1.54, 1.807) is 0 Å². The predicted octanol–water partition coefficient (Wildman–Crippen LogP) is 3.71. The molecule has 24 heavy (non-hydrogen) atoms. The second-order valence-corrected chi connectivity index (χ2v) is 6.31. The molecule has 0 saturated carbocycles. The van der Waals surface area contributed by atoms with Crippen LogP contribution in [0.15, 0.2) is 48.5 Å². The molecule has 0 aliphatic heterocycles. The van der Waals surface area contributed by atoms with Crippen molar-refractivity contribution in [2.24, 2.45) is 5.92 Å². The Bertz CT molecular complexity index is 729. The second kappa shape index (κ2) is 8.16. The monoisotopic (exact) mass is 321 g/mol. The van der Waals surface area contributed by atoms with Crippen LogP contribution in [-0.4, -0.2) is 12.5 Å². The van der Waals surface area contributed by atoms with Crippen molar-refractivity contribution in [3.63, 3.8) is 0 Å². The number of nitrogens with zero attached hydrogens (tertiary/aromatic N) is 1. The van der Waals surface area contributed by atoms with Gasteiger partial charge in [0.05, 0.1) is 12.0 Å².